The number of hydrogen-bond acceptors (Lipinski definition) is 6. The van der Waals surface area contributed by atoms with Crippen LogP contribution >= 0.6 is 0 Å². The van der Waals surface area contributed by atoms with E-state index in [0.717, 1.165) is 11.3 Å². The maximum Gasteiger partial charge on any atom is 0.273 e. The highest BCUT2D eigenvalue weighted by Crippen LogP contribution is 2.17. The van der Waals surface area contributed by atoms with Crippen molar-refractivity contribution in [3.8, 4) is 11.4 Å². The Balaban J connectivity index is 1.32. The second-order valence-corrected chi connectivity index (χ2v) is 6.41. The molecule has 0 bridgehead atoms. The molecule has 1 atom stereocenters. The molecule has 0 radical (unpaired) electrons. The Morgan fingerprint density at radius 3 is 2.69 bits per heavy atom. The zero-order valence-corrected chi connectivity index (χ0v) is 15.7. The Bertz CT molecular complexity index is 1060. The van der Waals surface area contributed by atoms with E-state index < -0.39 is 0 Å². The van der Waals surface area contributed by atoms with E-state index in [1.54, 1.807) is 17.1 Å². The number of carbonyl (C=O) groups excluding carboxylic acids is 1. The highest BCUT2D eigenvalue weighted by atomic mass is 16.5. The Morgan fingerprint density at radius 1 is 1.17 bits per heavy atom. The van der Waals surface area contributed by atoms with Gasteiger partial charge in [0.25, 0.3) is 5.91 Å². The van der Waals surface area contributed by atoms with E-state index in [9.17, 15) is 4.79 Å². The number of ether oxygens (including phenoxy) is 1. The molecule has 0 saturated heterocycles. The summed E-state index contributed by atoms with van der Waals surface area (Å²) in [7, 11) is 0. The molecule has 0 saturated carbocycles. The van der Waals surface area contributed by atoms with E-state index in [1.165, 1.54) is 6.33 Å². The lowest BCUT2D eigenvalue weighted by atomic mass is 10.1. The van der Waals surface area contributed by atoms with Gasteiger partial charge in [0.1, 0.15) is 25.0 Å². The smallest absolute Gasteiger partial charge is 0.273 e. The van der Waals surface area contributed by atoms with Crippen molar-refractivity contribution in [3.05, 3.63) is 90.3 Å². The van der Waals surface area contributed by atoms with Gasteiger partial charge in [-0.2, -0.15) is 5.10 Å². The van der Waals surface area contributed by atoms with Crippen LogP contribution in [-0.4, -0.2) is 25.8 Å². The SMILES string of the molecule is CC(NC(=O)c1cc(COc2ccc(-n3cncn3)cc2)on1)c1ccccc1. The van der Waals surface area contributed by atoms with Crippen molar-refractivity contribution < 1.29 is 14.1 Å². The molecule has 8 nitrogen and oxygen atoms in total. The molecule has 4 rings (SSSR count). The van der Waals surface area contributed by atoms with E-state index >= 15 is 0 Å². The molecule has 0 fully saturated rings. The van der Waals surface area contributed by atoms with Crippen molar-refractivity contribution in [2.45, 2.75) is 19.6 Å². The largest absolute Gasteiger partial charge is 0.486 e. The van der Waals surface area contributed by atoms with Crippen LogP contribution in [0.15, 0.2) is 77.8 Å². The molecule has 8 heteroatoms. The lowest BCUT2D eigenvalue weighted by Gasteiger charge is -2.12. The van der Waals surface area contributed by atoms with Gasteiger partial charge in [0.15, 0.2) is 11.5 Å². The average Bonchev–Trinajstić information content (AvgIpc) is 3.46. The third kappa shape index (κ3) is 4.49. The van der Waals surface area contributed by atoms with Gasteiger partial charge in [0.2, 0.25) is 0 Å². The van der Waals surface area contributed by atoms with Gasteiger partial charge in [-0.25, -0.2) is 9.67 Å². The second kappa shape index (κ2) is 8.39. The van der Waals surface area contributed by atoms with Crippen LogP contribution in [0.5, 0.6) is 5.75 Å². The van der Waals surface area contributed by atoms with Crippen molar-refractivity contribution in [1.82, 2.24) is 25.2 Å². The predicted molar refractivity (Wildman–Crippen MR) is 105 cm³/mol. The highest BCUT2D eigenvalue weighted by molar-refractivity contribution is 5.92. The van der Waals surface area contributed by atoms with Crippen LogP contribution in [-0.2, 0) is 6.61 Å². The normalized spacial score (nSPS) is 11.8. The Kier molecular flexibility index (Phi) is 5.33. The minimum atomic E-state index is -0.298. The highest BCUT2D eigenvalue weighted by Gasteiger charge is 2.16. The van der Waals surface area contributed by atoms with Gasteiger partial charge in [-0.1, -0.05) is 35.5 Å². The van der Waals surface area contributed by atoms with Gasteiger partial charge in [0.05, 0.1) is 11.7 Å². The quantitative estimate of drug-likeness (QED) is 0.521. The fraction of sp³-hybridized carbons (Fsp3) is 0.143. The zero-order valence-electron chi connectivity index (χ0n) is 15.7. The predicted octanol–water partition coefficient (Wildman–Crippen LogP) is 3.33. The van der Waals surface area contributed by atoms with Gasteiger partial charge >= 0.3 is 0 Å². The first-order chi connectivity index (χ1) is 14.2. The molecule has 0 aliphatic rings. The molecule has 2 aromatic heterocycles. The monoisotopic (exact) mass is 389 g/mol. The molecule has 1 amide bonds. The fourth-order valence-corrected chi connectivity index (χ4v) is 2.77. The first-order valence-corrected chi connectivity index (χ1v) is 9.08. The lowest BCUT2D eigenvalue weighted by Crippen LogP contribution is -2.26. The van der Waals surface area contributed by atoms with Gasteiger partial charge in [-0.05, 0) is 36.8 Å². The van der Waals surface area contributed by atoms with Gasteiger partial charge in [-0.15, -0.1) is 0 Å². The topological polar surface area (TPSA) is 95.1 Å². The van der Waals surface area contributed by atoms with E-state index in [4.69, 9.17) is 9.26 Å². The molecule has 1 N–H and O–H groups in total. The summed E-state index contributed by atoms with van der Waals surface area (Å²) in [5.74, 6) is 0.824. The molecule has 0 aliphatic carbocycles. The maximum absolute atomic E-state index is 12.4. The molecule has 1 unspecified atom stereocenters. The van der Waals surface area contributed by atoms with Crippen LogP contribution in [0.3, 0.4) is 0 Å². The molecular weight excluding hydrogens is 370 g/mol. The third-order valence-corrected chi connectivity index (χ3v) is 4.34. The van der Waals surface area contributed by atoms with Crippen molar-refractivity contribution in [2.75, 3.05) is 0 Å². The van der Waals surface area contributed by atoms with Crippen molar-refractivity contribution >= 4 is 5.91 Å². The molecular formula is C21H19N5O3. The molecule has 0 spiro atoms. The van der Waals surface area contributed by atoms with Crippen LogP contribution in [0.2, 0.25) is 0 Å². The Hall–Kier alpha value is -3.94. The van der Waals surface area contributed by atoms with E-state index in [-0.39, 0.29) is 24.2 Å². The fourth-order valence-electron chi connectivity index (χ4n) is 2.77. The summed E-state index contributed by atoms with van der Waals surface area (Å²) in [5.41, 5.74) is 2.11. The first kappa shape index (κ1) is 18.4. The summed E-state index contributed by atoms with van der Waals surface area (Å²) in [4.78, 5) is 16.3. The van der Waals surface area contributed by atoms with Crippen molar-refractivity contribution in [3.63, 3.8) is 0 Å². The molecule has 29 heavy (non-hydrogen) atoms. The van der Waals surface area contributed by atoms with Gasteiger partial charge < -0.3 is 14.6 Å². The molecule has 0 aliphatic heterocycles. The number of aromatic nitrogens is 4. The number of nitrogens with one attached hydrogen (secondary N) is 1. The van der Waals surface area contributed by atoms with Gasteiger partial charge in [-0.3, -0.25) is 4.79 Å². The second-order valence-electron chi connectivity index (χ2n) is 6.41. The lowest BCUT2D eigenvalue weighted by molar-refractivity contribution is 0.0930. The van der Waals surface area contributed by atoms with Crippen LogP contribution in [0, 0.1) is 0 Å². The molecule has 2 aromatic carbocycles. The summed E-state index contributed by atoms with van der Waals surface area (Å²) in [6.45, 7) is 2.08. The summed E-state index contributed by atoms with van der Waals surface area (Å²) >= 11 is 0. The molecule has 4 aromatic rings. The molecule has 2 heterocycles. The van der Waals surface area contributed by atoms with E-state index in [1.807, 2.05) is 61.5 Å². The standard InChI is InChI=1S/C21H19N5O3/c1-15(16-5-3-2-4-6-16)24-21(27)20-11-19(29-25-20)12-28-18-9-7-17(8-10-18)26-14-22-13-23-26/h2-11,13-15H,12H2,1H3,(H,24,27). The number of nitrogens with zero attached hydrogens (tertiary/aromatic N) is 4. The Labute approximate surface area is 167 Å². The first-order valence-electron chi connectivity index (χ1n) is 9.08. The van der Waals surface area contributed by atoms with Crippen LogP contribution in [0.4, 0.5) is 0 Å². The minimum absolute atomic E-state index is 0.136. The van der Waals surface area contributed by atoms with Crippen molar-refractivity contribution in [2.24, 2.45) is 0 Å². The minimum Gasteiger partial charge on any atom is -0.486 e. The number of benzene rings is 2. The maximum atomic E-state index is 12.4. The van der Waals surface area contributed by atoms with Crippen LogP contribution < -0.4 is 10.1 Å². The van der Waals surface area contributed by atoms with E-state index in [0.29, 0.717) is 11.5 Å². The van der Waals surface area contributed by atoms with Crippen LogP contribution in [0.25, 0.3) is 5.69 Å². The van der Waals surface area contributed by atoms with Gasteiger partial charge in [0, 0.05) is 6.07 Å². The number of amides is 1. The summed E-state index contributed by atoms with van der Waals surface area (Å²) in [6, 6.07) is 18.5. The third-order valence-electron chi connectivity index (χ3n) is 4.34. The number of carbonyl (C=O) groups is 1. The van der Waals surface area contributed by atoms with Crippen molar-refractivity contribution in [1.29, 1.82) is 0 Å². The molecule has 146 valence electrons. The summed E-state index contributed by atoms with van der Waals surface area (Å²) in [6.07, 6.45) is 3.10. The average molecular weight is 389 g/mol. The van der Waals surface area contributed by atoms with Crippen LogP contribution in [0.1, 0.15) is 34.8 Å². The Morgan fingerprint density at radius 2 is 1.97 bits per heavy atom. The van der Waals surface area contributed by atoms with E-state index in [2.05, 4.69) is 20.6 Å². The summed E-state index contributed by atoms with van der Waals surface area (Å²) in [5, 5.41) is 10.8. The number of rotatable bonds is 7. The number of hydrogen-bond donors (Lipinski definition) is 1. The zero-order chi connectivity index (χ0) is 20.1. The summed E-state index contributed by atoms with van der Waals surface area (Å²) < 4.78 is 12.6.